The summed E-state index contributed by atoms with van der Waals surface area (Å²) in [6.45, 7) is 4.25. The Kier molecular flexibility index (Phi) is 5.77. The van der Waals surface area contributed by atoms with Crippen molar-refractivity contribution in [3.63, 3.8) is 0 Å². The molecule has 164 valence electrons. The van der Waals surface area contributed by atoms with Crippen LogP contribution in [0.4, 0.5) is 4.39 Å². The van der Waals surface area contributed by atoms with Crippen LogP contribution in [0.2, 0.25) is 0 Å². The van der Waals surface area contributed by atoms with Crippen molar-refractivity contribution in [1.82, 2.24) is 15.1 Å². The van der Waals surface area contributed by atoms with Gasteiger partial charge < -0.3 is 9.64 Å². The van der Waals surface area contributed by atoms with Gasteiger partial charge in [-0.25, -0.2) is 4.39 Å². The fourth-order valence-corrected chi connectivity index (χ4v) is 3.74. The Hall–Kier alpha value is -3.94. The number of aromatic amines is 1. The minimum Gasteiger partial charge on any atom is -0.493 e. The summed E-state index contributed by atoms with van der Waals surface area (Å²) in [4.78, 5) is 14.7. The first-order chi connectivity index (χ1) is 15.4. The summed E-state index contributed by atoms with van der Waals surface area (Å²) >= 11 is 0. The smallest absolute Gasteiger partial charge is 0.254 e. The van der Waals surface area contributed by atoms with Gasteiger partial charge in [-0.05, 0) is 31.2 Å². The Morgan fingerprint density at radius 1 is 1.25 bits per heavy atom. The lowest BCUT2D eigenvalue weighted by molar-refractivity contribution is -0.908. The first-order valence-corrected chi connectivity index (χ1v) is 10.2. The summed E-state index contributed by atoms with van der Waals surface area (Å²) < 4.78 is 21.1. The van der Waals surface area contributed by atoms with Crippen LogP contribution in [-0.2, 0) is 6.54 Å². The van der Waals surface area contributed by atoms with Gasteiger partial charge in [-0.2, -0.15) is 5.10 Å². The van der Waals surface area contributed by atoms with Crippen LogP contribution >= 0.6 is 0 Å². The number of benzene rings is 2. The molecule has 4 aromatic rings. The first-order valence-electron chi connectivity index (χ1n) is 10.2. The van der Waals surface area contributed by atoms with Gasteiger partial charge in [0.25, 0.3) is 5.91 Å². The second-order valence-electron chi connectivity index (χ2n) is 7.53. The monoisotopic (exact) mass is 435 g/mol. The van der Waals surface area contributed by atoms with E-state index in [1.54, 1.807) is 67.7 Å². The molecule has 2 aromatic carbocycles. The summed E-state index contributed by atoms with van der Waals surface area (Å²) in [7, 11) is 1.68. The summed E-state index contributed by atoms with van der Waals surface area (Å²) in [5.74, 6) is -0.148. The highest BCUT2D eigenvalue weighted by Gasteiger charge is 2.22. The maximum atomic E-state index is 14.3. The van der Waals surface area contributed by atoms with Crippen molar-refractivity contribution in [3.8, 4) is 16.9 Å². The average Bonchev–Trinajstić information content (AvgIpc) is 3.28. The minimum absolute atomic E-state index is 0.233. The molecule has 0 saturated carbocycles. The Morgan fingerprint density at radius 2 is 2.03 bits per heavy atom. The van der Waals surface area contributed by atoms with Crippen LogP contribution in [0.25, 0.3) is 22.0 Å². The molecule has 0 spiro atoms. The van der Waals surface area contributed by atoms with Gasteiger partial charge in [0.2, 0.25) is 11.9 Å². The lowest BCUT2D eigenvalue weighted by Crippen LogP contribution is -2.35. The Balaban J connectivity index is 1.65. The van der Waals surface area contributed by atoms with E-state index in [-0.39, 0.29) is 18.3 Å². The number of hydrogen-bond donors (Lipinski definition) is 2. The van der Waals surface area contributed by atoms with Gasteiger partial charge in [0.15, 0.2) is 0 Å². The third-order valence-electron chi connectivity index (χ3n) is 5.42. The minimum atomic E-state index is -0.357. The molecule has 0 aliphatic heterocycles. The van der Waals surface area contributed by atoms with Gasteiger partial charge in [0.1, 0.15) is 11.6 Å². The normalized spacial score (nSPS) is 11.0. The predicted molar refractivity (Wildman–Crippen MR) is 117 cm³/mol. The number of H-pyrrole nitrogens is 1. The maximum absolute atomic E-state index is 14.3. The molecule has 32 heavy (non-hydrogen) atoms. The van der Waals surface area contributed by atoms with Crippen LogP contribution in [0, 0.1) is 12.7 Å². The first kappa shape index (κ1) is 21.3. The van der Waals surface area contributed by atoms with Crippen LogP contribution in [0.15, 0.2) is 54.9 Å². The number of ether oxygens (including phenoxy) is 1. The van der Waals surface area contributed by atoms with E-state index < -0.39 is 0 Å². The van der Waals surface area contributed by atoms with E-state index in [9.17, 15) is 14.4 Å². The third-order valence-corrected chi connectivity index (χ3v) is 5.42. The van der Waals surface area contributed by atoms with Crippen molar-refractivity contribution < 1.29 is 23.9 Å². The molecule has 8 heteroatoms. The molecule has 2 aromatic heterocycles. The summed E-state index contributed by atoms with van der Waals surface area (Å²) in [6, 6.07) is 11.5. The molecule has 2 N–H and O–H groups in total. The van der Waals surface area contributed by atoms with Crippen LogP contribution in [0.5, 0.6) is 5.75 Å². The highest BCUT2D eigenvalue weighted by molar-refractivity contribution is 5.95. The highest BCUT2D eigenvalue weighted by Crippen LogP contribution is 2.33. The fourth-order valence-electron chi connectivity index (χ4n) is 3.74. The quantitative estimate of drug-likeness (QED) is 0.356. The molecule has 0 fully saturated rings. The van der Waals surface area contributed by atoms with Gasteiger partial charge in [-0.15, -0.1) is 0 Å². The molecule has 7 nitrogen and oxygen atoms in total. The van der Waals surface area contributed by atoms with E-state index in [2.05, 4.69) is 10.2 Å². The van der Waals surface area contributed by atoms with Gasteiger partial charge in [0, 0.05) is 35.4 Å². The zero-order chi connectivity index (χ0) is 22.8. The lowest BCUT2D eigenvalue weighted by Gasteiger charge is -2.18. The molecule has 0 unspecified atom stereocenters. The molecule has 4 rings (SSSR count). The molecule has 1 amide bonds. The molecular formula is C24H24FN4O3+. The van der Waals surface area contributed by atoms with E-state index in [4.69, 9.17) is 4.74 Å². The maximum Gasteiger partial charge on any atom is 0.254 e. The Labute approximate surface area is 184 Å². The molecule has 0 aliphatic rings. The fraction of sp³-hybridized carbons (Fsp3) is 0.208. The van der Waals surface area contributed by atoms with Crippen molar-refractivity contribution in [2.75, 3.05) is 13.7 Å². The molecule has 0 bridgehead atoms. The largest absolute Gasteiger partial charge is 0.493 e. The molecule has 0 aliphatic carbocycles. The molecule has 0 radical (unpaired) electrons. The molecule has 0 saturated heterocycles. The van der Waals surface area contributed by atoms with E-state index in [1.807, 2.05) is 6.92 Å². The number of carbonyl (C=O) groups excluding carboxylic acids is 1. The number of amides is 1. The number of hydrogen-bond acceptors (Lipinski definition) is 4. The second kappa shape index (κ2) is 8.66. The Morgan fingerprint density at radius 3 is 2.78 bits per heavy atom. The zero-order valence-corrected chi connectivity index (χ0v) is 18.1. The average molecular weight is 435 g/mol. The topological polar surface area (TPSA) is 82.3 Å². The molecular weight excluding hydrogens is 411 g/mol. The Bertz CT molecular complexity index is 1300. The SMILES string of the molecule is CCOc1cc(C(=O)N(C)Cc2c[n+](O)c(C)c3cn[nH]c23)ccc1-c1ccccc1F. The third kappa shape index (κ3) is 3.87. The van der Waals surface area contributed by atoms with Gasteiger partial charge in [-0.3, -0.25) is 15.1 Å². The van der Waals surface area contributed by atoms with Gasteiger partial charge >= 0.3 is 0 Å². The van der Waals surface area contributed by atoms with Crippen molar-refractivity contribution in [2.45, 2.75) is 20.4 Å². The number of aryl methyl sites for hydroxylation is 1. The van der Waals surface area contributed by atoms with Crippen molar-refractivity contribution in [1.29, 1.82) is 0 Å². The standard InChI is InChI=1S/C24H23FN4O3/c1-4-32-22-11-16(9-10-19(22)18-7-5-6-8-21(18)25)24(30)28(3)13-17-14-29(31)15(2)20-12-26-27-23(17)20/h5-12,14,31H,4,13H2,1-3H3/p+1. The molecule has 0 atom stereocenters. The summed E-state index contributed by atoms with van der Waals surface area (Å²) in [5, 5.41) is 17.9. The number of aromatic nitrogens is 3. The van der Waals surface area contributed by atoms with E-state index in [1.165, 1.54) is 6.07 Å². The number of nitrogens with zero attached hydrogens (tertiary/aromatic N) is 3. The highest BCUT2D eigenvalue weighted by atomic mass is 19.1. The zero-order valence-electron chi connectivity index (χ0n) is 18.1. The van der Waals surface area contributed by atoms with Crippen LogP contribution in [0.3, 0.4) is 0 Å². The van der Waals surface area contributed by atoms with Gasteiger partial charge in [-0.1, -0.05) is 18.2 Å². The van der Waals surface area contributed by atoms with Crippen molar-refractivity contribution in [2.24, 2.45) is 0 Å². The van der Waals surface area contributed by atoms with Crippen molar-refractivity contribution >= 4 is 16.8 Å². The number of fused-ring (bicyclic) bond motifs is 1. The van der Waals surface area contributed by atoms with Gasteiger partial charge in [0.05, 0.1) is 35.8 Å². The summed E-state index contributed by atoms with van der Waals surface area (Å²) in [5.41, 5.74) is 3.55. The number of halogens is 1. The van der Waals surface area contributed by atoms with E-state index in [0.717, 1.165) is 21.2 Å². The number of pyridine rings is 1. The second-order valence-corrected chi connectivity index (χ2v) is 7.53. The number of rotatable bonds is 6. The number of carbonyl (C=O) groups is 1. The lowest BCUT2D eigenvalue weighted by atomic mass is 10.0. The number of nitrogens with one attached hydrogen (secondary N) is 1. The summed E-state index contributed by atoms with van der Waals surface area (Å²) in [6.07, 6.45) is 3.20. The van der Waals surface area contributed by atoms with Crippen LogP contribution < -0.4 is 9.47 Å². The van der Waals surface area contributed by atoms with E-state index in [0.29, 0.717) is 34.7 Å². The molecule has 2 heterocycles. The van der Waals surface area contributed by atoms with Crippen LogP contribution in [-0.4, -0.2) is 39.9 Å². The predicted octanol–water partition coefficient (Wildman–Crippen LogP) is 3.87. The van der Waals surface area contributed by atoms with E-state index >= 15 is 0 Å². The van der Waals surface area contributed by atoms with Crippen LogP contribution in [0.1, 0.15) is 28.5 Å². The van der Waals surface area contributed by atoms with Crippen molar-refractivity contribution in [3.05, 3.63) is 77.5 Å².